The third kappa shape index (κ3) is 4.19. The largest absolute Gasteiger partial charge is 0.317 e. The van der Waals surface area contributed by atoms with E-state index >= 15 is 0 Å². The van der Waals surface area contributed by atoms with Crippen LogP contribution in [0.2, 0.25) is 0 Å². The maximum Gasteiger partial charge on any atom is 0.0564 e. The van der Waals surface area contributed by atoms with Crippen LogP contribution in [0.1, 0.15) is 39.2 Å². The van der Waals surface area contributed by atoms with Gasteiger partial charge in [-0.2, -0.15) is 5.10 Å². The van der Waals surface area contributed by atoms with Crippen molar-refractivity contribution in [3.8, 4) is 0 Å². The van der Waals surface area contributed by atoms with Gasteiger partial charge < -0.3 is 5.32 Å². The number of nitrogens with zero attached hydrogens (tertiary/aromatic N) is 2. The van der Waals surface area contributed by atoms with Crippen molar-refractivity contribution < 1.29 is 0 Å². The molecule has 1 aromatic rings. The molecule has 0 aromatic carbocycles. The first-order valence-corrected chi connectivity index (χ1v) is 6.18. The van der Waals surface area contributed by atoms with Crippen LogP contribution >= 0.6 is 0 Å². The Hall–Kier alpha value is -1.09. The van der Waals surface area contributed by atoms with Gasteiger partial charge in [-0.3, -0.25) is 4.68 Å². The van der Waals surface area contributed by atoms with Gasteiger partial charge in [-0.15, -0.1) is 0 Å². The van der Waals surface area contributed by atoms with E-state index in [-0.39, 0.29) is 0 Å². The summed E-state index contributed by atoms with van der Waals surface area (Å²) in [7, 11) is 0. The first-order chi connectivity index (χ1) is 7.77. The van der Waals surface area contributed by atoms with Crippen LogP contribution in [0.4, 0.5) is 0 Å². The Labute approximate surface area is 98.5 Å². The van der Waals surface area contributed by atoms with Crippen LogP contribution in [0, 0.1) is 0 Å². The first kappa shape index (κ1) is 13.0. The Morgan fingerprint density at radius 1 is 1.50 bits per heavy atom. The smallest absolute Gasteiger partial charge is 0.0564 e. The highest BCUT2D eigenvalue weighted by molar-refractivity contribution is 5.62. The molecule has 0 saturated heterocycles. The zero-order chi connectivity index (χ0) is 11.8. The Kier molecular flexibility index (Phi) is 5.86. The fourth-order valence-corrected chi connectivity index (χ4v) is 1.60. The lowest BCUT2D eigenvalue weighted by Gasteiger charge is -1.99. The van der Waals surface area contributed by atoms with E-state index in [9.17, 15) is 0 Å². The SMILES string of the molecule is CCCn1cc(C(C)=CCCNCC)cn1. The van der Waals surface area contributed by atoms with E-state index in [1.165, 1.54) is 11.1 Å². The number of hydrogen-bond acceptors (Lipinski definition) is 2. The van der Waals surface area contributed by atoms with Gasteiger partial charge in [0.2, 0.25) is 0 Å². The Morgan fingerprint density at radius 3 is 3.00 bits per heavy atom. The minimum atomic E-state index is 1.00. The Balaban J connectivity index is 2.47. The van der Waals surface area contributed by atoms with E-state index in [0.717, 1.165) is 32.5 Å². The quantitative estimate of drug-likeness (QED) is 0.717. The van der Waals surface area contributed by atoms with Gasteiger partial charge in [0.15, 0.2) is 0 Å². The van der Waals surface area contributed by atoms with Crippen molar-refractivity contribution in [3.63, 3.8) is 0 Å². The number of allylic oxidation sites excluding steroid dienone is 1. The summed E-state index contributed by atoms with van der Waals surface area (Å²) < 4.78 is 2.01. The average Bonchev–Trinajstić information content (AvgIpc) is 2.73. The van der Waals surface area contributed by atoms with Gasteiger partial charge in [0.05, 0.1) is 6.20 Å². The van der Waals surface area contributed by atoms with Gasteiger partial charge in [-0.05, 0) is 38.4 Å². The molecule has 1 heterocycles. The molecule has 0 spiro atoms. The molecule has 0 aliphatic carbocycles. The van der Waals surface area contributed by atoms with Crippen LogP contribution in [-0.2, 0) is 6.54 Å². The summed E-state index contributed by atoms with van der Waals surface area (Å²) in [5.74, 6) is 0. The van der Waals surface area contributed by atoms with Crippen molar-refractivity contribution in [3.05, 3.63) is 24.0 Å². The second-order valence-corrected chi connectivity index (χ2v) is 4.02. The highest BCUT2D eigenvalue weighted by Crippen LogP contribution is 2.13. The van der Waals surface area contributed by atoms with Gasteiger partial charge in [-0.25, -0.2) is 0 Å². The second-order valence-electron chi connectivity index (χ2n) is 4.02. The van der Waals surface area contributed by atoms with E-state index < -0.39 is 0 Å². The summed E-state index contributed by atoms with van der Waals surface area (Å²) in [5.41, 5.74) is 2.56. The van der Waals surface area contributed by atoms with Crippen LogP contribution in [0.15, 0.2) is 18.5 Å². The molecular weight excluding hydrogens is 198 g/mol. The summed E-state index contributed by atoms with van der Waals surface area (Å²) >= 11 is 0. The lowest BCUT2D eigenvalue weighted by atomic mass is 10.1. The van der Waals surface area contributed by atoms with Gasteiger partial charge in [-0.1, -0.05) is 19.9 Å². The van der Waals surface area contributed by atoms with E-state index in [2.05, 4.69) is 43.5 Å². The molecule has 1 aromatic heterocycles. The standard InChI is InChI=1S/C13H23N3/c1-4-9-16-11-13(10-15-16)12(3)7-6-8-14-5-2/h7,10-11,14H,4-6,8-9H2,1-3H3. The summed E-state index contributed by atoms with van der Waals surface area (Å²) in [6.45, 7) is 9.55. The average molecular weight is 221 g/mol. The van der Waals surface area contributed by atoms with E-state index in [0.29, 0.717) is 0 Å². The topological polar surface area (TPSA) is 29.9 Å². The van der Waals surface area contributed by atoms with Crippen LogP contribution in [-0.4, -0.2) is 22.9 Å². The minimum Gasteiger partial charge on any atom is -0.317 e. The van der Waals surface area contributed by atoms with Crippen molar-refractivity contribution in [2.75, 3.05) is 13.1 Å². The first-order valence-electron chi connectivity index (χ1n) is 6.18. The second kappa shape index (κ2) is 7.23. The molecule has 90 valence electrons. The molecule has 1 N–H and O–H groups in total. The summed E-state index contributed by atoms with van der Waals surface area (Å²) in [5, 5.41) is 7.65. The van der Waals surface area contributed by atoms with E-state index in [4.69, 9.17) is 0 Å². The molecule has 3 heteroatoms. The van der Waals surface area contributed by atoms with E-state index in [1.807, 2.05) is 10.9 Å². The molecule has 1 rings (SSSR count). The lowest BCUT2D eigenvalue weighted by molar-refractivity contribution is 0.602. The fourth-order valence-electron chi connectivity index (χ4n) is 1.60. The molecule has 3 nitrogen and oxygen atoms in total. The van der Waals surface area contributed by atoms with Crippen molar-refractivity contribution in [2.45, 2.75) is 40.2 Å². The summed E-state index contributed by atoms with van der Waals surface area (Å²) in [4.78, 5) is 0. The van der Waals surface area contributed by atoms with Crippen molar-refractivity contribution in [1.29, 1.82) is 0 Å². The number of nitrogens with one attached hydrogen (secondary N) is 1. The van der Waals surface area contributed by atoms with Crippen molar-refractivity contribution in [1.82, 2.24) is 15.1 Å². The molecule has 0 aliphatic rings. The number of aromatic nitrogens is 2. The molecule has 16 heavy (non-hydrogen) atoms. The van der Waals surface area contributed by atoms with Crippen LogP contribution in [0.3, 0.4) is 0 Å². The molecule has 0 fully saturated rings. The molecule has 0 atom stereocenters. The number of aryl methyl sites for hydroxylation is 1. The van der Waals surface area contributed by atoms with Crippen LogP contribution in [0.25, 0.3) is 5.57 Å². The van der Waals surface area contributed by atoms with Gasteiger partial charge in [0.1, 0.15) is 0 Å². The van der Waals surface area contributed by atoms with Gasteiger partial charge in [0.25, 0.3) is 0 Å². The molecule has 0 amide bonds. The summed E-state index contributed by atoms with van der Waals surface area (Å²) in [6.07, 6.45) is 8.57. The van der Waals surface area contributed by atoms with Gasteiger partial charge in [0, 0.05) is 18.3 Å². The third-order valence-electron chi connectivity index (χ3n) is 2.56. The third-order valence-corrected chi connectivity index (χ3v) is 2.56. The molecule has 0 aliphatic heterocycles. The highest BCUT2D eigenvalue weighted by atomic mass is 15.3. The fraction of sp³-hybridized carbons (Fsp3) is 0.615. The maximum atomic E-state index is 4.33. The molecule has 0 unspecified atom stereocenters. The lowest BCUT2D eigenvalue weighted by Crippen LogP contribution is -2.13. The Bertz CT molecular complexity index is 326. The van der Waals surface area contributed by atoms with Crippen LogP contribution < -0.4 is 5.32 Å². The maximum absolute atomic E-state index is 4.33. The Morgan fingerprint density at radius 2 is 2.31 bits per heavy atom. The highest BCUT2D eigenvalue weighted by Gasteiger charge is 1.99. The monoisotopic (exact) mass is 221 g/mol. The molecule has 0 bridgehead atoms. The molecular formula is C13H23N3. The summed E-state index contributed by atoms with van der Waals surface area (Å²) in [6, 6.07) is 0. The number of hydrogen-bond donors (Lipinski definition) is 1. The molecule has 0 radical (unpaired) electrons. The van der Waals surface area contributed by atoms with Crippen molar-refractivity contribution in [2.24, 2.45) is 0 Å². The predicted octanol–water partition coefficient (Wildman–Crippen LogP) is 2.70. The molecule has 0 saturated carbocycles. The zero-order valence-corrected chi connectivity index (χ0v) is 10.7. The van der Waals surface area contributed by atoms with Crippen molar-refractivity contribution >= 4 is 5.57 Å². The predicted molar refractivity (Wildman–Crippen MR) is 69.3 cm³/mol. The number of rotatable bonds is 7. The minimum absolute atomic E-state index is 1.00. The zero-order valence-electron chi connectivity index (χ0n) is 10.7. The van der Waals surface area contributed by atoms with Crippen LogP contribution in [0.5, 0.6) is 0 Å². The normalized spacial score (nSPS) is 12.1. The van der Waals surface area contributed by atoms with E-state index in [1.54, 1.807) is 0 Å². The van der Waals surface area contributed by atoms with Gasteiger partial charge >= 0.3 is 0 Å².